The minimum atomic E-state index is -1.25. The fraction of sp³-hybridized carbons (Fsp3) is 0.294. The molecule has 19 heavy (non-hydrogen) atoms. The minimum absolute atomic E-state index is 0.457. The summed E-state index contributed by atoms with van der Waals surface area (Å²) in [4.78, 5) is 0. The minimum Gasteiger partial charge on any atom is -0.381 e. The van der Waals surface area contributed by atoms with E-state index in [9.17, 15) is 0 Å². The van der Waals surface area contributed by atoms with E-state index in [1.807, 2.05) is 0 Å². The van der Waals surface area contributed by atoms with E-state index in [0.717, 1.165) is 6.61 Å². The molecular weight excluding hydrogens is 248 g/mol. The van der Waals surface area contributed by atoms with Crippen molar-refractivity contribution in [3.8, 4) is 0 Å². The van der Waals surface area contributed by atoms with E-state index in [4.69, 9.17) is 4.74 Å². The molecule has 2 heteroatoms. The van der Waals surface area contributed by atoms with E-state index in [1.54, 1.807) is 0 Å². The first-order valence-electron chi connectivity index (χ1n) is 7.16. The molecule has 0 radical (unpaired) electrons. The average molecular weight is 268 g/mol. The number of rotatable bonds is 3. The van der Waals surface area contributed by atoms with Gasteiger partial charge in [-0.05, 0) is 19.3 Å². The quantitative estimate of drug-likeness (QED) is 0.775. The fourth-order valence-electron chi connectivity index (χ4n) is 2.97. The highest BCUT2D eigenvalue weighted by Gasteiger charge is 2.28. The molecule has 1 fully saturated rings. The SMILES string of the molecule is c1ccc([SiH](c2ccccc2)C2CCCCO2)cc1. The third-order valence-corrected chi connectivity index (χ3v) is 7.38. The molecule has 0 amide bonds. The van der Waals surface area contributed by atoms with Crippen LogP contribution in [0.4, 0.5) is 0 Å². The van der Waals surface area contributed by atoms with Crippen molar-refractivity contribution in [3.05, 3.63) is 60.7 Å². The van der Waals surface area contributed by atoms with Crippen LogP contribution in [0.1, 0.15) is 19.3 Å². The van der Waals surface area contributed by atoms with Gasteiger partial charge < -0.3 is 4.74 Å². The Kier molecular flexibility index (Phi) is 4.11. The summed E-state index contributed by atoms with van der Waals surface area (Å²) < 4.78 is 6.11. The zero-order valence-electron chi connectivity index (χ0n) is 11.2. The number of benzene rings is 2. The van der Waals surface area contributed by atoms with E-state index in [2.05, 4.69) is 60.7 Å². The summed E-state index contributed by atoms with van der Waals surface area (Å²) in [6.07, 6.45) is 3.76. The summed E-state index contributed by atoms with van der Waals surface area (Å²) in [5.74, 6) is 0. The lowest BCUT2D eigenvalue weighted by Gasteiger charge is -2.30. The smallest absolute Gasteiger partial charge is 0.134 e. The predicted molar refractivity (Wildman–Crippen MR) is 82.9 cm³/mol. The Morgan fingerprint density at radius 3 is 1.84 bits per heavy atom. The van der Waals surface area contributed by atoms with Gasteiger partial charge in [0, 0.05) is 6.61 Å². The van der Waals surface area contributed by atoms with Crippen LogP contribution in [0, 0.1) is 0 Å². The molecule has 1 atom stereocenters. The molecule has 1 aliphatic rings. The molecule has 2 aromatic rings. The molecule has 3 rings (SSSR count). The molecule has 0 spiro atoms. The van der Waals surface area contributed by atoms with Gasteiger partial charge in [0.1, 0.15) is 8.80 Å². The molecule has 0 aliphatic carbocycles. The van der Waals surface area contributed by atoms with Crippen LogP contribution < -0.4 is 10.4 Å². The molecule has 1 aliphatic heterocycles. The molecule has 1 nitrogen and oxygen atoms in total. The molecule has 0 N–H and O–H groups in total. The molecular formula is C17H20OSi. The van der Waals surface area contributed by atoms with Gasteiger partial charge in [0.25, 0.3) is 0 Å². The molecule has 0 aromatic heterocycles. The Labute approximate surface area is 116 Å². The summed E-state index contributed by atoms with van der Waals surface area (Å²) >= 11 is 0. The van der Waals surface area contributed by atoms with Gasteiger partial charge in [0.15, 0.2) is 0 Å². The highest BCUT2D eigenvalue weighted by atomic mass is 28.3. The lowest BCUT2D eigenvalue weighted by Crippen LogP contribution is -2.53. The first-order chi connectivity index (χ1) is 9.45. The van der Waals surface area contributed by atoms with Crippen molar-refractivity contribution in [2.45, 2.75) is 25.0 Å². The first kappa shape index (κ1) is 12.6. The predicted octanol–water partition coefficient (Wildman–Crippen LogP) is 2.14. The normalized spacial score (nSPS) is 19.5. The van der Waals surface area contributed by atoms with E-state index in [-0.39, 0.29) is 0 Å². The second-order valence-electron chi connectivity index (χ2n) is 5.20. The maximum absolute atomic E-state index is 6.11. The monoisotopic (exact) mass is 268 g/mol. The van der Waals surface area contributed by atoms with Gasteiger partial charge >= 0.3 is 0 Å². The first-order valence-corrected chi connectivity index (χ1v) is 8.99. The van der Waals surface area contributed by atoms with E-state index in [1.165, 1.54) is 29.6 Å². The standard InChI is InChI=1S/C17H20OSi/c1-3-9-15(10-4-1)19(16-11-5-2-6-12-16)17-13-7-8-14-18-17/h1-6,9-12,17,19H,7-8,13-14H2. The Balaban J connectivity index is 1.96. The maximum Gasteiger partial charge on any atom is 0.134 e. The van der Waals surface area contributed by atoms with Crippen LogP contribution in [0.15, 0.2) is 60.7 Å². The average Bonchev–Trinajstić information content (AvgIpc) is 2.51. The zero-order chi connectivity index (χ0) is 12.9. The number of hydrogen-bond acceptors (Lipinski definition) is 1. The lowest BCUT2D eigenvalue weighted by atomic mass is 10.2. The van der Waals surface area contributed by atoms with Crippen molar-refractivity contribution in [1.82, 2.24) is 0 Å². The van der Waals surface area contributed by atoms with Gasteiger partial charge in [-0.2, -0.15) is 0 Å². The van der Waals surface area contributed by atoms with E-state index >= 15 is 0 Å². The van der Waals surface area contributed by atoms with Crippen LogP contribution in [0.5, 0.6) is 0 Å². The van der Waals surface area contributed by atoms with Crippen molar-refractivity contribution < 1.29 is 4.74 Å². The topological polar surface area (TPSA) is 9.23 Å². The maximum atomic E-state index is 6.11. The fourth-order valence-corrected chi connectivity index (χ4v) is 6.39. The van der Waals surface area contributed by atoms with Gasteiger partial charge in [-0.1, -0.05) is 71.0 Å². The van der Waals surface area contributed by atoms with Crippen LogP contribution in [-0.2, 0) is 4.74 Å². The molecule has 98 valence electrons. The van der Waals surface area contributed by atoms with Gasteiger partial charge in [-0.15, -0.1) is 0 Å². The second-order valence-corrected chi connectivity index (χ2v) is 8.24. The zero-order valence-corrected chi connectivity index (χ0v) is 12.3. The third kappa shape index (κ3) is 2.96. The Bertz CT molecular complexity index is 452. The van der Waals surface area contributed by atoms with Crippen LogP contribution >= 0.6 is 0 Å². The summed E-state index contributed by atoms with van der Waals surface area (Å²) in [5, 5.41) is 3.00. The third-order valence-electron chi connectivity index (χ3n) is 3.90. The molecule has 1 unspecified atom stereocenters. The Hall–Kier alpha value is -1.38. The molecule has 2 aromatic carbocycles. The van der Waals surface area contributed by atoms with Crippen LogP contribution in [-0.4, -0.2) is 21.1 Å². The van der Waals surface area contributed by atoms with Crippen LogP contribution in [0.2, 0.25) is 0 Å². The van der Waals surface area contributed by atoms with Crippen molar-refractivity contribution in [1.29, 1.82) is 0 Å². The molecule has 0 bridgehead atoms. The van der Waals surface area contributed by atoms with Crippen molar-refractivity contribution in [2.24, 2.45) is 0 Å². The summed E-state index contributed by atoms with van der Waals surface area (Å²) in [5.41, 5.74) is 0.457. The summed E-state index contributed by atoms with van der Waals surface area (Å²) in [6, 6.07) is 21.9. The van der Waals surface area contributed by atoms with E-state index in [0.29, 0.717) is 5.73 Å². The number of ether oxygens (including phenoxy) is 1. The summed E-state index contributed by atoms with van der Waals surface area (Å²) in [7, 11) is -1.25. The van der Waals surface area contributed by atoms with Gasteiger partial charge in [-0.3, -0.25) is 0 Å². The highest BCUT2D eigenvalue weighted by molar-refractivity contribution is 6.86. The molecule has 1 heterocycles. The largest absolute Gasteiger partial charge is 0.381 e. The van der Waals surface area contributed by atoms with Gasteiger partial charge in [0.05, 0.1) is 5.73 Å². The lowest BCUT2D eigenvalue weighted by molar-refractivity contribution is 0.0644. The van der Waals surface area contributed by atoms with Crippen molar-refractivity contribution in [3.63, 3.8) is 0 Å². The van der Waals surface area contributed by atoms with Crippen LogP contribution in [0.25, 0.3) is 0 Å². The van der Waals surface area contributed by atoms with Crippen molar-refractivity contribution in [2.75, 3.05) is 6.61 Å². The Morgan fingerprint density at radius 1 is 0.789 bits per heavy atom. The van der Waals surface area contributed by atoms with E-state index < -0.39 is 8.80 Å². The number of hydrogen-bond donors (Lipinski definition) is 0. The second kappa shape index (κ2) is 6.18. The Morgan fingerprint density at radius 2 is 1.37 bits per heavy atom. The molecule has 1 saturated heterocycles. The van der Waals surface area contributed by atoms with Gasteiger partial charge in [0.2, 0.25) is 0 Å². The summed E-state index contributed by atoms with van der Waals surface area (Å²) in [6.45, 7) is 0.938. The van der Waals surface area contributed by atoms with Crippen LogP contribution in [0.3, 0.4) is 0 Å². The molecule has 0 saturated carbocycles. The van der Waals surface area contributed by atoms with Crippen molar-refractivity contribution >= 4 is 19.2 Å². The highest BCUT2D eigenvalue weighted by Crippen LogP contribution is 2.15. The van der Waals surface area contributed by atoms with Gasteiger partial charge in [-0.25, -0.2) is 0 Å².